The van der Waals surface area contributed by atoms with Gasteiger partial charge in [-0.2, -0.15) is 0 Å². The van der Waals surface area contributed by atoms with Crippen molar-refractivity contribution in [1.82, 2.24) is 0 Å². The van der Waals surface area contributed by atoms with Crippen molar-refractivity contribution in [3.8, 4) is 0 Å². The van der Waals surface area contributed by atoms with Crippen LogP contribution in [0.25, 0.3) is 0 Å². The van der Waals surface area contributed by atoms with Crippen LogP contribution in [0.3, 0.4) is 0 Å². The van der Waals surface area contributed by atoms with Crippen LogP contribution in [-0.4, -0.2) is 29.7 Å². The first-order valence-corrected chi connectivity index (χ1v) is 8.91. The highest BCUT2D eigenvalue weighted by Gasteiger charge is 2.20. The van der Waals surface area contributed by atoms with Gasteiger partial charge in [-0.05, 0) is 64.1 Å². The van der Waals surface area contributed by atoms with Crippen molar-refractivity contribution < 1.29 is 28.2 Å². The minimum absolute atomic E-state index is 0.00188. The lowest BCUT2D eigenvalue weighted by Crippen LogP contribution is -2.30. The minimum Gasteiger partial charge on any atom is -0.449 e. The standard InChI is InChI=1S/C21H23FN2O5/c1-13(18(25)24-17-8-6-5-7-16(17)22)28-19(26)14-9-11-15(12-10-14)23-20(27)29-21(2,3)4/h5-13H,1-4H3,(H,23,27)(H,24,25)/t13-/m1/s1. The fraction of sp³-hybridized carbons (Fsp3) is 0.286. The first kappa shape index (κ1) is 21.9. The Morgan fingerprint density at radius 2 is 1.59 bits per heavy atom. The van der Waals surface area contributed by atoms with Crippen LogP contribution in [-0.2, 0) is 14.3 Å². The molecule has 0 aliphatic rings. The Balaban J connectivity index is 1.92. The second kappa shape index (κ2) is 9.18. The molecule has 1 atom stereocenters. The highest BCUT2D eigenvalue weighted by atomic mass is 19.1. The predicted molar refractivity (Wildman–Crippen MR) is 106 cm³/mol. The summed E-state index contributed by atoms with van der Waals surface area (Å²) in [6.45, 7) is 6.62. The molecule has 0 aliphatic carbocycles. The Hall–Kier alpha value is -3.42. The van der Waals surface area contributed by atoms with E-state index in [4.69, 9.17) is 9.47 Å². The number of rotatable bonds is 5. The molecule has 29 heavy (non-hydrogen) atoms. The number of ether oxygens (including phenoxy) is 2. The van der Waals surface area contributed by atoms with Crippen molar-refractivity contribution >= 4 is 29.3 Å². The van der Waals surface area contributed by atoms with Gasteiger partial charge in [0.2, 0.25) is 0 Å². The smallest absolute Gasteiger partial charge is 0.412 e. The molecule has 2 aromatic rings. The van der Waals surface area contributed by atoms with Gasteiger partial charge in [0.05, 0.1) is 11.3 Å². The van der Waals surface area contributed by atoms with Crippen molar-refractivity contribution in [3.63, 3.8) is 0 Å². The molecule has 0 radical (unpaired) electrons. The van der Waals surface area contributed by atoms with E-state index in [0.717, 1.165) is 0 Å². The maximum Gasteiger partial charge on any atom is 0.412 e. The molecule has 2 amide bonds. The third kappa shape index (κ3) is 6.91. The molecular formula is C21H23FN2O5. The molecule has 2 aromatic carbocycles. The summed E-state index contributed by atoms with van der Waals surface area (Å²) in [4.78, 5) is 36.1. The molecule has 0 aliphatic heterocycles. The summed E-state index contributed by atoms with van der Waals surface area (Å²) in [7, 11) is 0. The Bertz CT molecular complexity index is 891. The molecule has 0 aromatic heterocycles. The molecule has 0 fully saturated rings. The minimum atomic E-state index is -1.14. The largest absolute Gasteiger partial charge is 0.449 e. The normalized spacial score (nSPS) is 11.9. The molecule has 0 saturated carbocycles. The average molecular weight is 402 g/mol. The Morgan fingerprint density at radius 1 is 0.966 bits per heavy atom. The summed E-state index contributed by atoms with van der Waals surface area (Å²) in [6, 6.07) is 11.6. The van der Waals surface area contributed by atoms with Crippen molar-refractivity contribution in [2.24, 2.45) is 0 Å². The van der Waals surface area contributed by atoms with Crippen LogP contribution in [0.4, 0.5) is 20.6 Å². The van der Waals surface area contributed by atoms with Crippen molar-refractivity contribution in [3.05, 3.63) is 59.9 Å². The first-order valence-electron chi connectivity index (χ1n) is 8.91. The maximum absolute atomic E-state index is 13.6. The van der Waals surface area contributed by atoms with Crippen molar-refractivity contribution in [2.75, 3.05) is 10.6 Å². The van der Waals surface area contributed by atoms with Gasteiger partial charge in [-0.1, -0.05) is 12.1 Å². The summed E-state index contributed by atoms with van der Waals surface area (Å²) in [5.74, 6) is -1.98. The number of halogens is 1. The number of nitrogens with one attached hydrogen (secondary N) is 2. The number of para-hydroxylation sites is 1. The summed E-state index contributed by atoms with van der Waals surface area (Å²) >= 11 is 0. The highest BCUT2D eigenvalue weighted by molar-refractivity contribution is 5.97. The van der Waals surface area contributed by atoms with E-state index in [2.05, 4.69) is 10.6 Å². The van der Waals surface area contributed by atoms with Crippen LogP contribution in [0, 0.1) is 5.82 Å². The van der Waals surface area contributed by atoms with E-state index in [1.54, 1.807) is 26.8 Å². The predicted octanol–water partition coefficient (Wildman–Crippen LogP) is 4.36. The van der Waals surface area contributed by atoms with Crippen molar-refractivity contribution in [2.45, 2.75) is 39.4 Å². The van der Waals surface area contributed by atoms with Gasteiger partial charge >= 0.3 is 12.1 Å². The zero-order valence-electron chi connectivity index (χ0n) is 16.6. The third-order valence-corrected chi connectivity index (χ3v) is 3.55. The number of carbonyl (C=O) groups excluding carboxylic acids is 3. The first-order chi connectivity index (χ1) is 13.5. The van der Waals surface area contributed by atoms with E-state index >= 15 is 0 Å². The second-order valence-corrected chi connectivity index (χ2v) is 7.22. The van der Waals surface area contributed by atoms with Crippen LogP contribution >= 0.6 is 0 Å². The van der Waals surface area contributed by atoms with Gasteiger partial charge in [0, 0.05) is 5.69 Å². The molecule has 0 saturated heterocycles. The second-order valence-electron chi connectivity index (χ2n) is 7.22. The summed E-state index contributed by atoms with van der Waals surface area (Å²) in [6.07, 6.45) is -1.76. The van der Waals surface area contributed by atoms with Crippen LogP contribution in [0.2, 0.25) is 0 Å². The molecule has 0 heterocycles. The molecule has 0 bridgehead atoms. The van der Waals surface area contributed by atoms with Gasteiger partial charge < -0.3 is 14.8 Å². The maximum atomic E-state index is 13.6. The van der Waals surface area contributed by atoms with Crippen LogP contribution in [0.15, 0.2) is 48.5 Å². The monoisotopic (exact) mass is 402 g/mol. The zero-order chi connectivity index (χ0) is 21.6. The number of hydrogen-bond donors (Lipinski definition) is 2. The zero-order valence-corrected chi connectivity index (χ0v) is 16.6. The van der Waals surface area contributed by atoms with E-state index in [1.165, 1.54) is 49.4 Å². The Labute approximate surface area is 168 Å². The Morgan fingerprint density at radius 3 is 2.17 bits per heavy atom. The third-order valence-electron chi connectivity index (χ3n) is 3.55. The molecular weight excluding hydrogens is 379 g/mol. The number of amides is 2. The lowest BCUT2D eigenvalue weighted by atomic mass is 10.2. The highest BCUT2D eigenvalue weighted by Crippen LogP contribution is 2.16. The molecule has 7 nitrogen and oxygen atoms in total. The lowest BCUT2D eigenvalue weighted by Gasteiger charge is -2.19. The fourth-order valence-electron chi connectivity index (χ4n) is 2.19. The number of anilines is 2. The average Bonchev–Trinajstić information content (AvgIpc) is 2.62. The molecule has 0 spiro atoms. The summed E-state index contributed by atoms with van der Waals surface area (Å²) in [5, 5.41) is 4.91. The Kier molecular flexibility index (Phi) is 6.93. The number of hydrogen-bond acceptors (Lipinski definition) is 5. The summed E-state index contributed by atoms with van der Waals surface area (Å²) < 4.78 is 23.9. The number of carbonyl (C=O) groups is 3. The quantitative estimate of drug-likeness (QED) is 0.725. The van der Waals surface area contributed by atoms with E-state index < -0.39 is 35.5 Å². The topological polar surface area (TPSA) is 93.7 Å². The number of esters is 1. The van der Waals surface area contributed by atoms with Gasteiger partial charge in [-0.15, -0.1) is 0 Å². The molecule has 8 heteroatoms. The van der Waals surface area contributed by atoms with E-state index in [9.17, 15) is 18.8 Å². The van der Waals surface area contributed by atoms with Gasteiger partial charge in [-0.25, -0.2) is 14.0 Å². The summed E-state index contributed by atoms with van der Waals surface area (Å²) in [5.41, 5.74) is -0.0166. The van der Waals surface area contributed by atoms with E-state index in [0.29, 0.717) is 5.69 Å². The van der Waals surface area contributed by atoms with Crippen LogP contribution < -0.4 is 10.6 Å². The molecule has 0 unspecified atom stereocenters. The molecule has 2 N–H and O–H groups in total. The number of benzene rings is 2. The van der Waals surface area contributed by atoms with Crippen LogP contribution in [0.1, 0.15) is 38.1 Å². The van der Waals surface area contributed by atoms with Gasteiger partial charge in [-0.3, -0.25) is 10.1 Å². The molecule has 2 rings (SSSR count). The fourth-order valence-corrected chi connectivity index (χ4v) is 2.19. The van der Waals surface area contributed by atoms with Gasteiger partial charge in [0.15, 0.2) is 6.10 Å². The van der Waals surface area contributed by atoms with Gasteiger partial charge in [0.1, 0.15) is 11.4 Å². The lowest BCUT2D eigenvalue weighted by molar-refractivity contribution is -0.123. The molecule has 154 valence electrons. The van der Waals surface area contributed by atoms with E-state index in [1.807, 2.05) is 0 Å². The van der Waals surface area contributed by atoms with Gasteiger partial charge in [0.25, 0.3) is 5.91 Å². The van der Waals surface area contributed by atoms with E-state index in [-0.39, 0.29) is 11.3 Å². The van der Waals surface area contributed by atoms with Crippen LogP contribution in [0.5, 0.6) is 0 Å². The SMILES string of the molecule is C[C@@H](OC(=O)c1ccc(NC(=O)OC(C)(C)C)cc1)C(=O)Nc1ccccc1F. The van der Waals surface area contributed by atoms with Crippen molar-refractivity contribution in [1.29, 1.82) is 0 Å².